The second kappa shape index (κ2) is 5.65. The molecule has 0 spiro atoms. The Balaban J connectivity index is 2.16. The quantitative estimate of drug-likeness (QED) is 0.563. The molecule has 0 saturated carbocycles. The minimum absolute atomic E-state index is 0.00632. The number of hydrogen-bond donors (Lipinski definition) is 3. The van der Waals surface area contributed by atoms with Crippen LogP contribution in [0.15, 0.2) is 4.79 Å². The minimum Gasteiger partial charge on any atom is -0.394 e. The van der Waals surface area contributed by atoms with E-state index in [1.165, 1.54) is 4.57 Å². The Kier molecular flexibility index (Phi) is 4.12. The van der Waals surface area contributed by atoms with E-state index in [-0.39, 0.29) is 31.5 Å². The molecule has 1 aromatic rings. The van der Waals surface area contributed by atoms with Crippen molar-refractivity contribution in [2.75, 3.05) is 49.2 Å². The van der Waals surface area contributed by atoms with Crippen molar-refractivity contribution in [3.05, 3.63) is 10.4 Å². The Morgan fingerprint density at radius 2 is 2.20 bits per heavy atom. The number of rotatable bonds is 5. The summed E-state index contributed by atoms with van der Waals surface area (Å²) >= 11 is 0. The van der Waals surface area contributed by atoms with Gasteiger partial charge in [0.25, 0.3) is 5.56 Å². The van der Waals surface area contributed by atoms with E-state index in [9.17, 15) is 9.90 Å². The topological polar surface area (TPSA) is 117 Å². The Bertz CT molecular complexity index is 546. The molecule has 112 valence electrons. The maximum atomic E-state index is 12.1. The molecule has 1 aliphatic heterocycles. The monoisotopic (exact) mass is 285 g/mol. The van der Waals surface area contributed by atoms with E-state index >= 15 is 0 Å². The molecule has 1 aromatic heterocycles. The maximum Gasteiger partial charge on any atom is 0.280 e. The normalized spacial score (nSPS) is 15.6. The molecule has 0 aromatic carbocycles. The van der Waals surface area contributed by atoms with Gasteiger partial charge < -0.3 is 30.5 Å². The molecule has 2 rings (SSSR count). The van der Waals surface area contributed by atoms with Gasteiger partial charge >= 0.3 is 0 Å². The smallest absolute Gasteiger partial charge is 0.280 e. The standard InChI is InChI=1S/C11H19N5O4/c1-14-5-16(6-20-4-7(18)3-17)9-8(14)10(19)15(2)11(12)13-9/h7,17-18H,3-6H2,1-2H3,(H2,12,13)/t7-/m0/s1. The molecule has 1 atom stereocenters. The van der Waals surface area contributed by atoms with Crippen LogP contribution in [-0.4, -0.2) is 59.5 Å². The summed E-state index contributed by atoms with van der Waals surface area (Å²) in [6, 6.07) is 0. The Morgan fingerprint density at radius 3 is 2.85 bits per heavy atom. The zero-order chi connectivity index (χ0) is 14.9. The summed E-state index contributed by atoms with van der Waals surface area (Å²) in [7, 11) is 3.34. The van der Waals surface area contributed by atoms with Gasteiger partial charge in [0.05, 0.1) is 19.9 Å². The first-order valence-corrected chi connectivity index (χ1v) is 6.15. The zero-order valence-corrected chi connectivity index (χ0v) is 11.5. The second-order valence-corrected chi connectivity index (χ2v) is 4.72. The van der Waals surface area contributed by atoms with E-state index in [0.29, 0.717) is 18.2 Å². The molecule has 0 fully saturated rings. The van der Waals surface area contributed by atoms with Crippen LogP contribution in [0.5, 0.6) is 0 Å². The molecule has 0 amide bonds. The van der Waals surface area contributed by atoms with Crippen LogP contribution in [-0.2, 0) is 11.8 Å². The SMILES string of the molecule is CN1CN(COC[C@@H](O)CO)c2nc(N)n(C)c(=O)c21. The third kappa shape index (κ3) is 2.55. The van der Waals surface area contributed by atoms with Crippen LogP contribution < -0.4 is 21.1 Å². The van der Waals surface area contributed by atoms with Crippen molar-refractivity contribution in [1.82, 2.24) is 9.55 Å². The predicted molar refractivity (Wildman–Crippen MR) is 73.6 cm³/mol. The highest BCUT2D eigenvalue weighted by Crippen LogP contribution is 2.29. The lowest BCUT2D eigenvalue weighted by atomic mass is 10.4. The predicted octanol–water partition coefficient (Wildman–Crippen LogP) is -2.10. The summed E-state index contributed by atoms with van der Waals surface area (Å²) in [5.41, 5.74) is 5.94. The number of aliphatic hydroxyl groups is 2. The molecule has 0 aliphatic carbocycles. The van der Waals surface area contributed by atoms with Crippen molar-refractivity contribution in [3.63, 3.8) is 0 Å². The van der Waals surface area contributed by atoms with Crippen molar-refractivity contribution < 1.29 is 14.9 Å². The fourth-order valence-electron chi connectivity index (χ4n) is 2.00. The lowest BCUT2D eigenvalue weighted by Crippen LogP contribution is -2.32. The van der Waals surface area contributed by atoms with E-state index in [1.54, 1.807) is 23.9 Å². The van der Waals surface area contributed by atoms with Gasteiger partial charge in [0.1, 0.15) is 18.5 Å². The highest BCUT2D eigenvalue weighted by Gasteiger charge is 2.29. The van der Waals surface area contributed by atoms with Crippen LogP contribution in [0.2, 0.25) is 0 Å². The summed E-state index contributed by atoms with van der Waals surface area (Å²) in [6.45, 7) is 0.235. The fourth-order valence-corrected chi connectivity index (χ4v) is 2.00. The Morgan fingerprint density at radius 1 is 1.50 bits per heavy atom. The first kappa shape index (κ1) is 14.6. The maximum absolute atomic E-state index is 12.1. The van der Waals surface area contributed by atoms with Gasteiger partial charge in [-0.15, -0.1) is 0 Å². The molecule has 0 saturated heterocycles. The minimum atomic E-state index is -0.920. The van der Waals surface area contributed by atoms with Gasteiger partial charge in [0.15, 0.2) is 5.82 Å². The van der Waals surface area contributed by atoms with Gasteiger partial charge in [-0.3, -0.25) is 9.36 Å². The molecule has 9 nitrogen and oxygen atoms in total. The number of fused-ring (bicyclic) bond motifs is 1. The van der Waals surface area contributed by atoms with Crippen molar-refractivity contribution in [2.24, 2.45) is 7.05 Å². The van der Waals surface area contributed by atoms with Gasteiger partial charge in [0.2, 0.25) is 5.95 Å². The van der Waals surface area contributed by atoms with E-state index in [0.717, 1.165) is 0 Å². The van der Waals surface area contributed by atoms with Crippen LogP contribution in [0.25, 0.3) is 0 Å². The average molecular weight is 285 g/mol. The summed E-state index contributed by atoms with van der Waals surface area (Å²) in [5, 5.41) is 17.9. The molecule has 4 N–H and O–H groups in total. The van der Waals surface area contributed by atoms with Gasteiger partial charge in [0, 0.05) is 14.1 Å². The van der Waals surface area contributed by atoms with Crippen LogP contribution in [0.1, 0.15) is 0 Å². The van der Waals surface area contributed by atoms with Crippen LogP contribution >= 0.6 is 0 Å². The average Bonchev–Trinajstić information content (AvgIpc) is 2.72. The number of aliphatic hydroxyl groups excluding tert-OH is 2. The molecule has 20 heavy (non-hydrogen) atoms. The van der Waals surface area contributed by atoms with E-state index in [1.807, 2.05) is 0 Å². The summed E-state index contributed by atoms with van der Waals surface area (Å²) < 4.78 is 6.57. The second-order valence-electron chi connectivity index (χ2n) is 4.72. The number of nitrogens with two attached hydrogens (primary N) is 1. The van der Waals surface area contributed by atoms with Crippen molar-refractivity contribution in [1.29, 1.82) is 0 Å². The lowest BCUT2D eigenvalue weighted by Gasteiger charge is -2.19. The van der Waals surface area contributed by atoms with Gasteiger partial charge in [-0.1, -0.05) is 0 Å². The number of aromatic nitrogens is 2. The number of nitrogen functional groups attached to an aromatic ring is 1. The van der Waals surface area contributed by atoms with Gasteiger partial charge in [-0.25, -0.2) is 0 Å². The number of nitrogens with zero attached hydrogens (tertiary/aromatic N) is 4. The third-order valence-electron chi connectivity index (χ3n) is 3.12. The molecule has 9 heteroatoms. The molecule has 1 aliphatic rings. The van der Waals surface area contributed by atoms with Crippen molar-refractivity contribution >= 4 is 17.5 Å². The van der Waals surface area contributed by atoms with Crippen molar-refractivity contribution in [2.45, 2.75) is 6.10 Å². The van der Waals surface area contributed by atoms with Crippen LogP contribution in [0, 0.1) is 0 Å². The van der Waals surface area contributed by atoms with E-state index < -0.39 is 6.10 Å². The van der Waals surface area contributed by atoms with Crippen LogP contribution in [0.3, 0.4) is 0 Å². The number of anilines is 3. The number of ether oxygens (including phenoxy) is 1. The molecule has 0 bridgehead atoms. The molecule has 0 radical (unpaired) electrons. The largest absolute Gasteiger partial charge is 0.394 e. The molecule has 0 unspecified atom stereocenters. The van der Waals surface area contributed by atoms with Crippen molar-refractivity contribution in [3.8, 4) is 0 Å². The van der Waals surface area contributed by atoms with E-state index in [2.05, 4.69) is 4.98 Å². The highest BCUT2D eigenvalue weighted by atomic mass is 16.5. The van der Waals surface area contributed by atoms with E-state index in [4.69, 9.17) is 15.6 Å². The van der Waals surface area contributed by atoms with Crippen LogP contribution in [0.4, 0.5) is 17.5 Å². The summed E-state index contributed by atoms with van der Waals surface area (Å²) in [5.74, 6) is 0.594. The molecular formula is C11H19N5O4. The van der Waals surface area contributed by atoms with Gasteiger partial charge in [-0.05, 0) is 0 Å². The summed E-state index contributed by atoms with van der Waals surface area (Å²) in [4.78, 5) is 19.8. The Hall–Kier alpha value is -1.84. The molecule has 2 heterocycles. The summed E-state index contributed by atoms with van der Waals surface area (Å²) in [6.07, 6.45) is -0.920. The Labute approximate surface area is 115 Å². The first-order chi connectivity index (χ1) is 9.45. The lowest BCUT2D eigenvalue weighted by molar-refractivity contribution is 0.00677. The molecular weight excluding hydrogens is 266 g/mol. The first-order valence-electron chi connectivity index (χ1n) is 6.15. The third-order valence-corrected chi connectivity index (χ3v) is 3.12. The highest BCUT2D eigenvalue weighted by molar-refractivity contribution is 5.72. The fraction of sp³-hybridized carbons (Fsp3) is 0.636. The van der Waals surface area contributed by atoms with Gasteiger partial charge in [-0.2, -0.15) is 4.98 Å². The number of hydrogen-bond acceptors (Lipinski definition) is 8. The zero-order valence-electron chi connectivity index (χ0n) is 11.5.